The van der Waals surface area contributed by atoms with Crippen LogP contribution in [-0.2, 0) is 17.8 Å². The quantitative estimate of drug-likeness (QED) is 0.722. The lowest BCUT2D eigenvalue weighted by Crippen LogP contribution is -2.34. The van der Waals surface area contributed by atoms with Crippen molar-refractivity contribution in [3.05, 3.63) is 59.5 Å². The van der Waals surface area contributed by atoms with Gasteiger partial charge in [0.25, 0.3) is 0 Å². The van der Waals surface area contributed by atoms with Crippen molar-refractivity contribution < 1.29 is 14.3 Å². The first-order valence-electron chi connectivity index (χ1n) is 8.60. The zero-order chi connectivity index (χ0) is 17.4. The van der Waals surface area contributed by atoms with E-state index in [0.29, 0.717) is 32.2 Å². The summed E-state index contributed by atoms with van der Waals surface area (Å²) in [6.07, 6.45) is -0.511. The van der Waals surface area contributed by atoms with Crippen molar-refractivity contribution in [1.29, 1.82) is 0 Å². The third kappa shape index (κ3) is 6.87. The summed E-state index contributed by atoms with van der Waals surface area (Å²) < 4.78 is 11.3. The van der Waals surface area contributed by atoms with Crippen molar-refractivity contribution >= 4 is 0 Å². The standard InChI is InChI=1S/C20H29NO3/c1-16(2)14-23-15-19(22)12-21(11-18-7-5-4-6-8-18)13-20-10-9-17(3)24-20/h4-10,16,19,22H,11-15H2,1-3H3/t19-/m0/s1. The van der Waals surface area contributed by atoms with Gasteiger partial charge in [-0.2, -0.15) is 0 Å². The molecule has 0 aliphatic carbocycles. The first-order valence-corrected chi connectivity index (χ1v) is 8.60. The van der Waals surface area contributed by atoms with Gasteiger partial charge in [-0.1, -0.05) is 44.2 Å². The van der Waals surface area contributed by atoms with E-state index < -0.39 is 6.10 Å². The number of furan rings is 1. The van der Waals surface area contributed by atoms with Crippen LogP contribution in [0.25, 0.3) is 0 Å². The minimum Gasteiger partial charge on any atom is -0.465 e. The molecule has 4 heteroatoms. The molecule has 1 aromatic carbocycles. The molecule has 0 amide bonds. The summed E-state index contributed by atoms with van der Waals surface area (Å²) in [5.41, 5.74) is 1.22. The molecule has 0 radical (unpaired) electrons. The van der Waals surface area contributed by atoms with Crippen molar-refractivity contribution in [3.63, 3.8) is 0 Å². The highest BCUT2D eigenvalue weighted by atomic mass is 16.5. The normalized spacial score (nSPS) is 12.9. The van der Waals surface area contributed by atoms with Crippen LogP contribution in [0.2, 0.25) is 0 Å². The van der Waals surface area contributed by atoms with Crippen molar-refractivity contribution in [2.45, 2.75) is 40.0 Å². The monoisotopic (exact) mass is 331 g/mol. The largest absolute Gasteiger partial charge is 0.465 e. The molecule has 0 unspecified atom stereocenters. The Labute approximate surface area is 145 Å². The highest BCUT2D eigenvalue weighted by Crippen LogP contribution is 2.13. The van der Waals surface area contributed by atoms with Crippen LogP contribution in [0.3, 0.4) is 0 Å². The Bertz CT molecular complexity index is 580. The van der Waals surface area contributed by atoms with Crippen LogP contribution in [0.4, 0.5) is 0 Å². The molecule has 132 valence electrons. The first kappa shape index (κ1) is 18.7. The van der Waals surface area contributed by atoms with Crippen LogP contribution in [0.5, 0.6) is 0 Å². The molecule has 0 saturated heterocycles. The molecule has 0 bridgehead atoms. The maximum absolute atomic E-state index is 10.3. The fraction of sp³-hybridized carbons (Fsp3) is 0.500. The van der Waals surface area contributed by atoms with E-state index in [1.807, 2.05) is 37.3 Å². The van der Waals surface area contributed by atoms with Gasteiger partial charge in [0.1, 0.15) is 11.5 Å². The minimum absolute atomic E-state index is 0.362. The molecule has 0 spiro atoms. The van der Waals surface area contributed by atoms with E-state index in [2.05, 4.69) is 30.9 Å². The van der Waals surface area contributed by atoms with Gasteiger partial charge in [-0.15, -0.1) is 0 Å². The summed E-state index contributed by atoms with van der Waals surface area (Å²) in [5, 5.41) is 10.3. The molecule has 1 N–H and O–H groups in total. The Hall–Kier alpha value is -1.62. The molecular weight excluding hydrogens is 302 g/mol. The van der Waals surface area contributed by atoms with Crippen LogP contribution in [-0.4, -0.2) is 35.9 Å². The van der Waals surface area contributed by atoms with Crippen LogP contribution in [0.15, 0.2) is 46.9 Å². The Morgan fingerprint density at radius 3 is 2.42 bits per heavy atom. The van der Waals surface area contributed by atoms with E-state index in [9.17, 15) is 5.11 Å². The number of nitrogens with zero attached hydrogens (tertiary/aromatic N) is 1. The van der Waals surface area contributed by atoms with Crippen LogP contribution in [0.1, 0.15) is 30.9 Å². The number of aliphatic hydroxyl groups is 1. The average Bonchev–Trinajstić information content (AvgIpc) is 2.93. The van der Waals surface area contributed by atoms with Crippen molar-refractivity contribution in [3.8, 4) is 0 Å². The fourth-order valence-corrected chi connectivity index (χ4v) is 2.61. The lowest BCUT2D eigenvalue weighted by Gasteiger charge is -2.24. The summed E-state index contributed by atoms with van der Waals surface area (Å²) in [5.74, 6) is 2.30. The Balaban J connectivity index is 1.93. The predicted molar refractivity (Wildman–Crippen MR) is 95.7 cm³/mol. The van der Waals surface area contributed by atoms with E-state index in [0.717, 1.165) is 18.1 Å². The number of aryl methyl sites for hydroxylation is 1. The summed E-state index contributed by atoms with van der Waals surface area (Å²) in [7, 11) is 0. The minimum atomic E-state index is -0.511. The maximum Gasteiger partial charge on any atom is 0.118 e. The van der Waals surface area contributed by atoms with E-state index in [1.54, 1.807) is 0 Å². The number of ether oxygens (including phenoxy) is 1. The molecule has 0 aliphatic heterocycles. The lowest BCUT2D eigenvalue weighted by molar-refractivity contribution is 0.00457. The van der Waals surface area contributed by atoms with Gasteiger partial charge in [0.05, 0.1) is 19.3 Å². The SMILES string of the molecule is Cc1ccc(CN(Cc2ccccc2)C[C@H](O)COCC(C)C)o1. The van der Waals surface area contributed by atoms with Gasteiger partial charge in [0, 0.05) is 19.7 Å². The second-order valence-electron chi connectivity index (χ2n) is 6.75. The van der Waals surface area contributed by atoms with Crippen LogP contribution in [0, 0.1) is 12.8 Å². The fourth-order valence-electron chi connectivity index (χ4n) is 2.61. The highest BCUT2D eigenvalue weighted by molar-refractivity contribution is 5.15. The molecule has 0 fully saturated rings. The van der Waals surface area contributed by atoms with Gasteiger partial charge in [-0.25, -0.2) is 0 Å². The maximum atomic E-state index is 10.3. The Kier molecular flexibility index (Phi) is 7.50. The first-order chi connectivity index (χ1) is 11.5. The van der Waals surface area contributed by atoms with E-state index >= 15 is 0 Å². The third-order valence-electron chi connectivity index (χ3n) is 3.65. The Morgan fingerprint density at radius 1 is 1.04 bits per heavy atom. The topological polar surface area (TPSA) is 45.8 Å². The van der Waals surface area contributed by atoms with E-state index in [-0.39, 0.29) is 0 Å². The molecule has 4 nitrogen and oxygen atoms in total. The number of hydrogen-bond acceptors (Lipinski definition) is 4. The molecule has 2 aromatic rings. The molecule has 2 rings (SSSR count). The Morgan fingerprint density at radius 2 is 1.79 bits per heavy atom. The van der Waals surface area contributed by atoms with Crippen molar-refractivity contribution in [1.82, 2.24) is 4.90 Å². The van der Waals surface area contributed by atoms with Gasteiger partial charge in [-0.05, 0) is 30.5 Å². The van der Waals surface area contributed by atoms with E-state index in [1.165, 1.54) is 5.56 Å². The van der Waals surface area contributed by atoms with Gasteiger partial charge in [0.2, 0.25) is 0 Å². The molecule has 1 aromatic heterocycles. The second-order valence-corrected chi connectivity index (χ2v) is 6.75. The van der Waals surface area contributed by atoms with Crippen LogP contribution >= 0.6 is 0 Å². The predicted octanol–water partition coefficient (Wildman–Crippen LogP) is 3.62. The zero-order valence-electron chi connectivity index (χ0n) is 14.9. The number of rotatable bonds is 10. The number of aliphatic hydroxyl groups excluding tert-OH is 1. The van der Waals surface area contributed by atoms with Gasteiger partial charge >= 0.3 is 0 Å². The van der Waals surface area contributed by atoms with E-state index in [4.69, 9.17) is 9.15 Å². The van der Waals surface area contributed by atoms with Crippen molar-refractivity contribution in [2.24, 2.45) is 5.92 Å². The summed E-state index contributed by atoms with van der Waals surface area (Å²) in [4.78, 5) is 2.19. The number of hydrogen-bond donors (Lipinski definition) is 1. The molecule has 0 saturated carbocycles. The zero-order valence-corrected chi connectivity index (χ0v) is 14.9. The van der Waals surface area contributed by atoms with Gasteiger partial charge in [0.15, 0.2) is 0 Å². The number of benzene rings is 1. The molecule has 0 aliphatic rings. The average molecular weight is 331 g/mol. The van der Waals surface area contributed by atoms with Gasteiger partial charge < -0.3 is 14.3 Å². The molecule has 24 heavy (non-hydrogen) atoms. The summed E-state index contributed by atoms with van der Waals surface area (Å²) >= 11 is 0. The second kappa shape index (κ2) is 9.62. The molecular formula is C20H29NO3. The van der Waals surface area contributed by atoms with Crippen LogP contribution < -0.4 is 0 Å². The third-order valence-corrected chi connectivity index (χ3v) is 3.65. The summed E-state index contributed by atoms with van der Waals surface area (Å²) in [6, 6.07) is 14.2. The highest BCUT2D eigenvalue weighted by Gasteiger charge is 2.15. The van der Waals surface area contributed by atoms with Crippen molar-refractivity contribution in [2.75, 3.05) is 19.8 Å². The smallest absolute Gasteiger partial charge is 0.118 e. The lowest BCUT2D eigenvalue weighted by atomic mass is 10.2. The van der Waals surface area contributed by atoms with Gasteiger partial charge in [-0.3, -0.25) is 4.90 Å². The molecule has 1 atom stereocenters. The molecule has 1 heterocycles. The summed E-state index contributed by atoms with van der Waals surface area (Å²) in [6.45, 7) is 9.17.